The zero-order chi connectivity index (χ0) is 12.6. The molecule has 1 N–H and O–H groups in total. The number of rotatable bonds is 2. The second-order valence-corrected chi connectivity index (χ2v) is 4.48. The Morgan fingerprint density at radius 1 is 1.31 bits per heavy atom. The fraction of sp³-hybridized carbons (Fsp3) is 0.455. The zero-order valence-corrected chi connectivity index (χ0v) is 10.5. The fourth-order valence-corrected chi connectivity index (χ4v) is 1.97. The lowest BCUT2D eigenvalue weighted by Gasteiger charge is -2.31. The third-order valence-corrected chi connectivity index (χ3v) is 3.55. The zero-order valence-electron chi connectivity index (χ0n) is 8.90. The highest BCUT2D eigenvalue weighted by Gasteiger charge is 2.54. The van der Waals surface area contributed by atoms with Gasteiger partial charge in [-0.05, 0) is 30.5 Å². The third kappa shape index (κ3) is 2.11. The van der Waals surface area contributed by atoms with Crippen molar-refractivity contribution in [2.45, 2.75) is 32.0 Å². The Balaban J connectivity index is 3.40. The molecule has 0 aliphatic heterocycles. The van der Waals surface area contributed by atoms with Gasteiger partial charge >= 0.3 is 6.18 Å². The highest BCUT2D eigenvalue weighted by atomic mass is 79.9. The lowest BCUT2D eigenvalue weighted by Crippen LogP contribution is -2.42. The van der Waals surface area contributed by atoms with Crippen LogP contribution < -0.4 is 0 Å². The topological polar surface area (TPSA) is 20.2 Å². The normalized spacial score (nSPS) is 15.9. The van der Waals surface area contributed by atoms with Gasteiger partial charge < -0.3 is 5.11 Å². The van der Waals surface area contributed by atoms with Crippen molar-refractivity contribution in [2.24, 2.45) is 0 Å². The highest BCUT2D eigenvalue weighted by Crippen LogP contribution is 2.43. The average molecular weight is 297 g/mol. The van der Waals surface area contributed by atoms with Crippen LogP contribution in [-0.4, -0.2) is 11.3 Å². The smallest absolute Gasteiger partial charge is 0.376 e. The van der Waals surface area contributed by atoms with Gasteiger partial charge in [0.2, 0.25) is 0 Å². The summed E-state index contributed by atoms with van der Waals surface area (Å²) in [5, 5.41) is 9.79. The molecule has 1 aromatic rings. The number of halogens is 4. The van der Waals surface area contributed by atoms with Crippen LogP contribution in [0.1, 0.15) is 24.5 Å². The van der Waals surface area contributed by atoms with E-state index in [1.165, 1.54) is 19.1 Å². The standard InChI is InChI=1S/C11H12BrF3O/c1-3-10(16,11(13,14)15)8-5-4-6-9(12)7(8)2/h4-6,16H,3H2,1-2H3. The number of hydrogen-bond acceptors (Lipinski definition) is 1. The Morgan fingerprint density at radius 3 is 2.31 bits per heavy atom. The molecule has 0 aliphatic rings. The van der Waals surface area contributed by atoms with Gasteiger partial charge in [-0.2, -0.15) is 13.2 Å². The molecule has 1 atom stereocenters. The minimum absolute atomic E-state index is 0.100. The second kappa shape index (κ2) is 4.37. The van der Waals surface area contributed by atoms with Crippen molar-refractivity contribution in [3.05, 3.63) is 33.8 Å². The molecule has 0 spiro atoms. The van der Waals surface area contributed by atoms with Gasteiger partial charge in [-0.3, -0.25) is 0 Å². The number of hydrogen-bond donors (Lipinski definition) is 1. The first-order chi connectivity index (χ1) is 7.24. The van der Waals surface area contributed by atoms with Crippen LogP contribution in [0.3, 0.4) is 0 Å². The molecule has 0 aliphatic carbocycles. The van der Waals surface area contributed by atoms with E-state index in [9.17, 15) is 18.3 Å². The summed E-state index contributed by atoms with van der Waals surface area (Å²) in [6.07, 6.45) is -5.08. The van der Waals surface area contributed by atoms with Gasteiger partial charge in [0.05, 0.1) is 0 Å². The molecule has 0 saturated heterocycles. The van der Waals surface area contributed by atoms with Crippen molar-refractivity contribution in [3.63, 3.8) is 0 Å². The molecule has 5 heteroatoms. The van der Waals surface area contributed by atoms with E-state index < -0.39 is 18.2 Å². The van der Waals surface area contributed by atoms with Crippen molar-refractivity contribution < 1.29 is 18.3 Å². The number of aliphatic hydroxyl groups is 1. The van der Waals surface area contributed by atoms with Crippen LogP contribution >= 0.6 is 15.9 Å². The van der Waals surface area contributed by atoms with Crippen LogP contribution in [0.15, 0.2) is 22.7 Å². The number of benzene rings is 1. The molecule has 0 saturated carbocycles. The fourth-order valence-electron chi connectivity index (χ4n) is 1.60. The van der Waals surface area contributed by atoms with E-state index in [-0.39, 0.29) is 5.56 Å². The quantitative estimate of drug-likeness (QED) is 0.877. The predicted molar refractivity (Wildman–Crippen MR) is 59.1 cm³/mol. The summed E-state index contributed by atoms with van der Waals surface area (Å²) in [7, 11) is 0. The first-order valence-electron chi connectivity index (χ1n) is 4.78. The maximum Gasteiger partial charge on any atom is 0.421 e. The Bertz CT molecular complexity index is 389. The van der Waals surface area contributed by atoms with Gasteiger partial charge in [-0.25, -0.2) is 0 Å². The van der Waals surface area contributed by atoms with Crippen molar-refractivity contribution in [1.29, 1.82) is 0 Å². The Hall–Kier alpha value is -0.550. The molecule has 0 bridgehead atoms. The first-order valence-corrected chi connectivity index (χ1v) is 5.58. The molecule has 1 unspecified atom stereocenters. The van der Waals surface area contributed by atoms with Gasteiger partial charge in [0.25, 0.3) is 0 Å². The largest absolute Gasteiger partial charge is 0.421 e. The Morgan fingerprint density at radius 2 is 1.88 bits per heavy atom. The molecule has 16 heavy (non-hydrogen) atoms. The molecule has 0 radical (unpaired) electrons. The summed E-state index contributed by atoms with van der Waals surface area (Å²) in [4.78, 5) is 0. The number of alkyl halides is 3. The molecule has 1 nitrogen and oxygen atoms in total. The SMILES string of the molecule is CCC(O)(c1cccc(Br)c1C)C(F)(F)F. The first kappa shape index (κ1) is 13.5. The van der Waals surface area contributed by atoms with Crippen molar-refractivity contribution in [2.75, 3.05) is 0 Å². The minimum Gasteiger partial charge on any atom is -0.376 e. The molecule has 0 heterocycles. The summed E-state index contributed by atoms with van der Waals surface area (Å²) in [5.41, 5.74) is -2.47. The lowest BCUT2D eigenvalue weighted by atomic mass is 9.87. The molecule has 1 aromatic carbocycles. The molecule has 90 valence electrons. The summed E-state index contributed by atoms with van der Waals surface area (Å²) >= 11 is 3.16. The van der Waals surface area contributed by atoms with Crippen LogP contribution in [0.25, 0.3) is 0 Å². The van der Waals surface area contributed by atoms with Crippen molar-refractivity contribution >= 4 is 15.9 Å². The molecular weight excluding hydrogens is 285 g/mol. The van der Waals surface area contributed by atoms with E-state index >= 15 is 0 Å². The molecule has 0 amide bonds. The van der Waals surface area contributed by atoms with E-state index in [0.29, 0.717) is 10.0 Å². The van der Waals surface area contributed by atoms with Crippen LogP contribution in [0.2, 0.25) is 0 Å². The predicted octanol–water partition coefficient (Wildman–Crippen LogP) is 3.92. The summed E-state index contributed by atoms with van der Waals surface area (Å²) in [5.74, 6) is 0. The molecule has 0 aromatic heterocycles. The maximum atomic E-state index is 12.8. The molecule has 0 fully saturated rings. The summed E-state index contributed by atoms with van der Waals surface area (Å²) < 4.78 is 39.1. The van der Waals surface area contributed by atoms with E-state index in [4.69, 9.17) is 0 Å². The minimum atomic E-state index is -4.67. The lowest BCUT2D eigenvalue weighted by molar-refractivity contribution is -0.268. The van der Waals surface area contributed by atoms with E-state index in [0.717, 1.165) is 0 Å². The van der Waals surface area contributed by atoms with Crippen LogP contribution in [0, 0.1) is 6.92 Å². The second-order valence-electron chi connectivity index (χ2n) is 3.62. The summed E-state index contributed by atoms with van der Waals surface area (Å²) in [6.45, 7) is 2.86. The van der Waals surface area contributed by atoms with Gasteiger partial charge in [0.15, 0.2) is 5.60 Å². The van der Waals surface area contributed by atoms with Gasteiger partial charge in [-0.15, -0.1) is 0 Å². The Labute approximate surface area is 100 Å². The van der Waals surface area contributed by atoms with Crippen LogP contribution in [0.4, 0.5) is 13.2 Å². The van der Waals surface area contributed by atoms with E-state index in [2.05, 4.69) is 15.9 Å². The van der Waals surface area contributed by atoms with Crippen molar-refractivity contribution in [1.82, 2.24) is 0 Å². The van der Waals surface area contributed by atoms with E-state index in [1.807, 2.05) is 0 Å². The van der Waals surface area contributed by atoms with Gasteiger partial charge in [0, 0.05) is 4.47 Å². The maximum absolute atomic E-state index is 12.8. The Kier molecular flexibility index (Phi) is 3.69. The van der Waals surface area contributed by atoms with Crippen LogP contribution in [0.5, 0.6) is 0 Å². The van der Waals surface area contributed by atoms with Crippen molar-refractivity contribution in [3.8, 4) is 0 Å². The van der Waals surface area contributed by atoms with Gasteiger partial charge in [0.1, 0.15) is 0 Å². The van der Waals surface area contributed by atoms with E-state index in [1.54, 1.807) is 13.0 Å². The van der Waals surface area contributed by atoms with Gasteiger partial charge in [-0.1, -0.05) is 35.0 Å². The summed E-state index contributed by atoms with van der Waals surface area (Å²) in [6, 6.07) is 4.43. The average Bonchev–Trinajstić information content (AvgIpc) is 2.19. The van der Waals surface area contributed by atoms with Crippen LogP contribution in [-0.2, 0) is 5.60 Å². The molecule has 1 rings (SSSR count). The third-order valence-electron chi connectivity index (χ3n) is 2.69. The monoisotopic (exact) mass is 296 g/mol. The molecular formula is C11H12BrF3O. The highest BCUT2D eigenvalue weighted by molar-refractivity contribution is 9.10.